The Morgan fingerprint density at radius 1 is 1.10 bits per heavy atom. The van der Waals surface area contributed by atoms with Crippen LogP contribution in [0.2, 0.25) is 5.02 Å². The fraction of sp³-hybridized carbons (Fsp3) is 0.294. The lowest BCUT2D eigenvalue weighted by atomic mass is 9.95. The zero-order valence-corrected chi connectivity index (χ0v) is 12.8. The maximum atomic E-state index is 14.1. The Morgan fingerprint density at radius 3 is 2.52 bits per heavy atom. The first kappa shape index (κ1) is 15.9. The number of hydrogen-bond donors (Lipinski definition) is 1. The van der Waals surface area contributed by atoms with Crippen molar-refractivity contribution in [1.29, 1.82) is 0 Å². The van der Waals surface area contributed by atoms with Crippen LogP contribution in [0.15, 0.2) is 36.4 Å². The van der Waals surface area contributed by atoms with Crippen molar-refractivity contribution in [2.75, 3.05) is 6.54 Å². The first-order valence-corrected chi connectivity index (χ1v) is 7.39. The Labute approximate surface area is 128 Å². The van der Waals surface area contributed by atoms with E-state index in [0.717, 1.165) is 18.5 Å². The van der Waals surface area contributed by atoms with Crippen LogP contribution in [0.3, 0.4) is 0 Å². The second-order valence-electron chi connectivity index (χ2n) is 5.03. The lowest BCUT2D eigenvalue weighted by Crippen LogP contribution is -2.20. The number of hydrogen-bond acceptors (Lipinski definition) is 1. The zero-order chi connectivity index (χ0) is 15.4. The van der Waals surface area contributed by atoms with E-state index in [1.807, 2.05) is 6.92 Å². The van der Waals surface area contributed by atoms with Crippen LogP contribution in [0.4, 0.5) is 8.78 Å². The van der Waals surface area contributed by atoms with Crippen molar-refractivity contribution >= 4 is 11.6 Å². The van der Waals surface area contributed by atoms with Crippen molar-refractivity contribution < 1.29 is 8.78 Å². The Bertz CT molecular complexity index is 628. The Morgan fingerprint density at radius 2 is 1.86 bits per heavy atom. The molecule has 2 aromatic rings. The van der Waals surface area contributed by atoms with E-state index >= 15 is 0 Å². The normalized spacial score (nSPS) is 12.4. The number of benzene rings is 2. The van der Waals surface area contributed by atoms with E-state index in [2.05, 4.69) is 12.2 Å². The van der Waals surface area contributed by atoms with E-state index in [1.54, 1.807) is 18.2 Å². The largest absolute Gasteiger partial charge is 0.310 e. The predicted molar refractivity (Wildman–Crippen MR) is 83.5 cm³/mol. The Kier molecular flexibility index (Phi) is 5.32. The first-order chi connectivity index (χ1) is 10.0. The number of halogens is 3. The quantitative estimate of drug-likeness (QED) is 0.785. The van der Waals surface area contributed by atoms with Crippen molar-refractivity contribution in [2.24, 2.45) is 0 Å². The Balaban J connectivity index is 2.48. The Hall–Kier alpha value is -1.45. The van der Waals surface area contributed by atoms with Gasteiger partial charge in [0.05, 0.1) is 0 Å². The van der Waals surface area contributed by atoms with E-state index in [4.69, 9.17) is 11.6 Å². The minimum Gasteiger partial charge on any atom is -0.310 e. The van der Waals surface area contributed by atoms with Crippen LogP contribution in [-0.2, 0) is 0 Å². The molecule has 21 heavy (non-hydrogen) atoms. The summed E-state index contributed by atoms with van der Waals surface area (Å²) in [5.74, 6) is -0.831. The molecule has 0 fully saturated rings. The minimum atomic E-state index is -0.447. The highest BCUT2D eigenvalue weighted by molar-refractivity contribution is 6.30. The van der Waals surface area contributed by atoms with Crippen LogP contribution in [0.5, 0.6) is 0 Å². The summed E-state index contributed by atoms with van der Waals surface area (Å²) in [5, 5.41) is 3.66. The van der Waals surface area contributed by atoms with Gasteiger partial charge in [-0.15, -0.1) is 0 Å². The summed E-state index contributed by atoms with van der Waals surface area (Å²) < 4.78 is 27.7. The first-order valence-electron chi connectivity index (χ1n) is 7.01. The molecule has 0 aliphatic heterocycles. The molecule has 0 heterocycles. The van der Waals surface area contributed by atoms with Crippen molar-refractivity contribution in [1.82, 2.24) is 5.32 Å². The van der Waals surface area contributed by atoms with E-state index in [-0.39, 0.29) is 11.9 Å². The zero-order valence-electron chi connectivity index (χ0n) is 12.1. The molecule has 4 heteroatoms. The molecule has 1 N–H and O–H groups in total. The fourth-order valence-corrected chi connectivity index (χ4v) is 2.48. The highest BCUT2D eigenvalue weighted by Crippen LogP contribution is 2.32. The van der Waals surface area contributed by atoms with Crippen LogP contribution in [0.25, 0.3) is 11.1 Å². The fourth-order valence-electron chi connectivity index (χ4n) is 2.32. The second-order valence-corrected chi connectivity index (χ2v) is 5.47. The molecule has 0 saturated carbocycles. The molecular weight excluding hydrogens is 292 g/mol. The molecule has 1 unspecified atom stereocenters. The summed E-state index contributed by atoms with van der Waals surface area (Å²) in [6, 6.07) is 8.92. The molecule has 0 saturated heterocycles. The van der Waals surface area contributed by atoms with Gasteiger partial charge in [0.1, 0.15) is 11.6 Å². The van der Waals surface area contributed by atoms with E-state index < -0.39 is 5.82 Å². The van der Waals surface area contributed by atoms with Crippen molar-refractivity contribution in [2.45, 2.75) is 26.3 Å². The summed E-state index contributed by atoms with van der Waals surface area (Å²) in [4.78, 5) is 0. The van der Waals surface area contributed by atoms with E-state index in [1.165, 1.54) is 18.2 Å². The third-order valence-electron chi connectivity index (χ3n) is 3.40. The predicted octanol–water partition coefficient (Wildman–Crippen LogP) is 5.35. The molecule has 0 bridgehead atoms. The summed E-state index contributed by atoms with van der Waals surface area (Å²) >= 11 is 5.78. The van der Waals surface area contributed by atoms with Crippen LogP contribution in [-0.4, -0.2) is 6.54 Å². The minimum absolute atomic E-state index is 0.00984. The van der Waals surface area contributed by atoms with Crippen LogP contribution in [0.1, 0.15) is 31.9 Å². The molecule has 1 atom stereocenters. The maximum Gasteiger partial charge on any atom is 0.132 e. The topological polar surface area (TPSA) is 12.0 Å². The van der Waals surface area contributed by atoms with Crippen molar-refractivity contribution in [3.05, 3.63) is 58.6 Å². The lowest BCUT2D eigenvalue weighted by molar-refractivity contribution is 0.568. The van der Waals surface area contributed by atoms with E-state index in [9.17, 15) is 8.78 Å². The molecule has 0 aliphatic carbocycles. The molecule has 2 rings (SSSR count). The van der Waals surface area contributed by atoms with Gasteiger partial charge in [-0.2, -0.15) is 0 Å². The molecule has 112 valence electrons. The van der Waals surface area contributed by atoms with Crippen LogP contribution >= 0.6 is 11.6 Å². The average Bonchev–Trinajstić information content (AvgIpc) is 2.44. The molecule has 1 nitrogen and oxygen atoms in total. The standard InChI is InChI=1S/C17H18ClF2N/c1-3-8-21-11(2)14-7-5-13(19)10-16(14)15-6-4-12(18)9-17(15)20/h4-7,9-11,21H,3,8H2,1-2H3. The number of rotatable bonds is 5. The molecule has 0 amide bonds. The highest BCUT2D eigenvalue weighted by Gasteiger charge is 2.15. The molecule has 2 aromatic carbocycles. The van der Waals surface area contributed by atoms with Gasteiger partial charge in [0, 0.05) is 16.6 Å². The van der Waals surface area contributed by atoms with Gasteiger partial charge in [-0.1, -0.05) is 24.6 Å². The summed E-state index contributed by atoms with van der Waals surface area (Å²) in [6.07, 6.45) is 0.996. The van der Waals surface area contributed by atoms with E-state index in [0.29, 0.717) is 16.1 Å². The summed E-state index contributed by atoms with van der Waals surface area (Å²) in [5.41, 5.74) is 1.78. The molecule has 0 aromatic heterocycles. The molecule has 0 radical (unpaired) electrons. The van der Waals surface area contributed by atoms with Gasteiger partial charge in [0.15, 0.2) is 0 Å². The van der Waals surface area contributed by atoms with Gasteiger partial charge in [-0.25, -0.2) is 8.78 Å². The van der Waals surface area contributed by atoms with Crippen LogP contribution < -0.4 is 5.32 Å². The SMILES string of the molecule is CCCNC(C)c1ccc(F)cc1-c1ccc(Cl)cc1F. The number of nitrogens with one attached hydrogen (secondary N) is 1. The van der Waals surface area contributed by atoms with Crippen LogP contribution in [0, 0.1) is 11.6 Å². The third kappa shape index (κ3) is 3.80. The van der Waals surface area contributed by atoms with Gasteiger partial charge >= 0.3 is 0 Å². The maximum absolute atomic E-state index is 14.1. The van der Waals surface area contributed by atoms with Crippen molar-refractivity contribution in [3.8, 4) is 11.1 Å². The van der Waals surface area contributed by atoms with Gasteiger partial charge in [0.25, 0.3) is 0 Å². The van der Waals surface area contributed by atoms with Crippen molar-refractivity contribution in [3.63, 3.8) is 0 Å². The average molecular weight is 310 g/mol. The van der Waals surface area contributed by atoms with Gasteiger partial charge in [-0.05, 0) is 61.3 Å². The van der Waals surface area contributed by atoms with Gasteiger partial charge in [0.2, 0.25) is 0 Å². The molecule has 0 aliphatic rings. The second kappa shape index (κ2) is 7.01. The van der Waals surface area contributed by atoms with Gasteiger partial charge in [-0.3, -0.25) is 0 Å². The smallest absolute Gasteiger partial charge is 0.132 e. The third-order valence-corrected chi connectivity index (χ3v) is 3.64. The lowest BCUT2D eigenvalue weighted by Gasteiger charge is -2.18. The van der Waals surface area contributed by atoms with Gasteiger partial charge < -0.3 is 5.32 Å². The summed E-state index contributed by atoms with van der Waals surface area (Å²) in [6.45, 7) is 4.91. The molecular formula is C17H18ClF2N. The summed E-state index contributed by atoms with van der Waals surface area (Å²) in [7, 11) is 0. The molecule has 0 spiro atoms. The monoisotopic (exact) mass is 309 g/mol. The highest BCUT2D eigenvalue weighted by atomic mass is 35.5.